The zero-order chi connectivity index (χ0) is 17.3. The van der Waals surface area contributed by atoms with Crippen molar-refractivity contribution in [3.8, 4) is 0 Å². The van der Waals surface area contributed by atoms with Crippen LogP contribution in [0, 0.1) is 13.8 Å². The Morgan fingerprint density at radius 2 is 1.79 bits per heavy atom. The molecular formula is C17H20N4O2S. The molecule has 2 aromatic heterocycles. The molecule has 1 amide bonds. The second kappa shape index (κ2) is 6.68. The van der Waals surface area contributed by atoms with E-state index in [1.165, 1.54) is 18.3 Å². The molecule has 24 heavy (non-hydrogen) atoms. The smallest absolute Gasteiger partial charge is 0.254 e. The summed E-state index contributed by atoms with van der Waals surface area (Å²) < 4.78 is 0. The van der Waals surface area contributed by atoms with Crippen molar-refractivity contribution >= 4 is 28.8 Å². The summed E-state index contributed by atoms with van der Waals surface area (Å²) in [6, 6.07) is 3.67. The Labute approximate surface area is 145 Å². The monoisotopic (exact) mass is 344 g/mol. The van der Waals surface area contributed by atoms with E-state index < -0.39 is 0 Å². The summed E-state index contributed by atoms with van der Waals surface area (Å²) in [5, 5.41) is 1.77. The molecule has 3 heterocycles. The SMILES string of the molecule is CC(=O)c1cc(C(=O)N2CCN(c3cc(C)nc(C)n3)CC2)cs1. The van der Waals surface area contributed by atoms with Gasteiger partial charge in [0.25, 0.3) is 5.91 Å². The molecule has 1 fully saturated rings. The number of carbonyl (C=O) groups excluding carboxylic acids is 2. The average molecular weight is 344 g/mol. The number of nitrogens with zero attached hydrogens (tertiary/aromatic N) is 4. The van der Waals surface area contributed by atoms with Crippen molar-refractivity contribution in [3.05, 3.63) is 39.5 Å². The van der Waals surface area contributed by atoms with Gasteiger partial charge in [-0.05, 0) is 26.8 Å². The number of ketones is 1. The Morgan fingerprint density at radius 1 is 1.08 bits per heavy atom. The summed E-state index contributed by atoms with van der Waals surface area (Å²) >= 11 is 1.33. The van der Waals surface area contributed by atoms with Crippen molar-refractivity contribution in [1.29, 1.82) is 0 Å². The fourth-order valence-corrected chi connectivity index (χ4v) is 3.60. The fourth-order valence-electron chi connectivity index (χ4n) is 2.81. The van der Waals surface area contributed by atoms with Crippen molar-refractivity contribution in [1.82, 2.24) is 14.9 Å². The van der Waals surface area contributed by atoms with Crippen molar-refractivity contribution in [2.45, 2.75) is 20.8 Å². The highest BCUT2D eigenvalue weighted by Gasteiger charge is 2.24. The predicted molar refractivity (Wildman–Crippen MR) is 93.9 cm³/mol. The van der Waals surface area contributed by atoms with Gasteiger partial charge in [-0.15, -0.1) is 11.3 Å². The number of amides is 1. The molecule has 0 radical (unpaired) electrons. The molecule has 0 spiro atoms. The lowest BCUT2D eigenvalue weighted by atomic mass is 10.2. The van der Waals surface area contributed by atoms with E-state index in [4.69, 9.17) is 0 Å². The van der Waals surface area contributed by atoms with Gasteiger partial charge < -0.3 is 9.80 Å². The van der Waals surface area contributed by atoms with Crippen LogP contribution in [0.4, 0.5) is 5.82 Å². The lowest BCUT2D eigenvalue weighted by molar-refractivity contribution is 0.0747. The number of hydrogen-bond donors (Lipinski definition) is 0. The Morgan fingerprint density at radius 3 is 2.38 bits per heavy atom. The molecule has 0 aromatic carbocycles. The summed E-state index contributed by atoms with van der Waals surface area (Å²) in [6.07, 6.45) is 0. The predicted octanol–water partition coefficient (Wildman–Crippen LogP) is 2.32. The fraction of sp³-hybridized carbons (Fsp3) is 0.412. The molecule has 0 saturated carbocycles. The number of hydrogen-bond acceptors (Lipinski definition) is 6. The summed E-state index contributed by atoms with van der Waals surface area (Å²) in [7, 11) is 0. The number of carbonyl (C=O) groups is 2. The molecule has 0 N–H and O–H groups in total. The molecule has 1 saturated heterocycles. The molecule has 0 atom stereocenters. The molecule has 1 aliphatic heterocycles. The minimum atomic E-state index is -0.00607. The molecule has 6 nitrogen and oxygen atoms in total. The molecule has 0 unspecified atom stereocenters. The zero-order valence-corrected chi connectivity index (χ0v) is 14.9. The Kier molecular flexibility index (Phi) is 4.62. The van der Waals surface area contributed by atoms with Crippen LogP contribution in [0.25, 0.3) is 0 Å². The van der Waals surface area contributed by atoms with Gasteiger partial charge >= 0.3 is 0 Å². The standard InChI is InChI=1S/C17H20N4O2S/c1-11-8-16(19-13(3)18-11)20-4-6-21(7-5-20)17(23)14-9-15(12(2)22)24-10-14/h8-10H,4-7H2,1-3H3. The lowest BCUT2D eigenvalue weighted by Crippen LogP contribution is -2.49. The van der Waals surface area contributed by atoms with E-state index in [0.29, 0.717) is 23.5 Å². The van der Waals surface area contributed by atoms with Crippen molar-refractivity contribution in [2.24, 2.45) is 0 Å². The third kappa shape index (κ3) is 3.46. The highest BCUT2D eigenvalue weighted by atomic mass is 32.1. The molecule has 3 rings (SSSR count). The lowest BCUT2D eigenvalue weighted by Gasteiger charge is -2.35. The Hall–Kier alpha value is -2.28. The highest BCUT2D eigenvalue weighted by molar-refractivity contribution is 7.12. The summed E-state index contributed by atoms with van der Waals surface area (Å²) in [6.45, 7) is 8.14. The van der Waals surface area contributed by atoms with E-state index in [9.17, 15) is 9.59 Å². The first-order valence-electron chi connectivity index (χ1n) is 7.90. The topological polar surface area (TPSA) is 66.4 Å². The van der Waals surface area contributed by atoms with Gasteiger partial charge in [0, 0.05) is 43.3 Å². The second-order valence-corrected chi connectivity index (χ2v) is 6.86. The maximum Gasteiger partial charge on any atom is 0.254 e. The highest BCUT2D eigenvalue weighted by Crippen LogP contribution is 2.19. The van der Waals surface area contributed by atoms with Gasteiger partial charge in [0.05, 0.1) is 10.4 Å². The second-order valence-electron chi connectivity index (χ2n) is 5.95. The maximum absolute atomic E-state index is 12.6. The molecule has 0 aliphatic carbocycles. The third-order valence-corrected chi connectivity index (χ3v) is 5.07. The van der Waals surface area contributed by atoms with Crippen LogP contribution in [0.1, 0.15) is 38.5 Å². The molecule has 0 bridgehead atoms. The van der Waals surface area contributed by atoms with Crippen molar-refractivity contribution in [3.63, 3.8) is 0 Å². The molecule has 2 aromatic rings. The van der Waals surface area contributed by atoms with Gasteiger partial charge in [0.2, 0.25) is 0 Å². The van der Waals surface area contributed by atoms with Crippen molar-refractivity contribution < 1.29 is 9.59 Å². The van der Waals surface area contributed by atoms with Crippen LogP contribution < -0.4 is 4.90 Å². The van der Waals surface area contributed by atoms with Gasteiger partial charge in [-0.3, -0.25) is 9.59 Å². The first-order valence-corrected chi connectivity index (χ1v) is 8.78. The van der Waals surface area contributed by atoms with Crippen molar-refractivity contribution in [2.75, 3.05) is 31.1 Å². The van der Waals surface area contributed by atoms with Crippen LogP contribution in [0.3, 0.4) is 0 Å². The van der Waals surface area contributed by atoms with Crippen LogP contribution in [0.5, 0.6) is 0 Å². The molecular weight excluding hydrogens is 324 g/mol. The van der Waals surface area contributed by atoms with E-state index in [-0.39, 0.29) is 11.7 Å². The minimum Gasteiger partial charge on any atom is -0.353 e. The molecule has 1 aliphatic rings. The van der Waals surface area contributed by atoms with E-state index in [1.807, 2.05) is 24.8 Å². The largest absolute Gasteiger partial charge is 0.353 e. The normalized spacial score (nSPS) is 14.8. The number of anilines is 1. The summed E-state index contributed by atoms with van der Waals surface area (Å²) in [5.74, 6) is 1.67. The summed E-state index contributed by atoms with van der Waals surface area (Å²) in [5.41, 5.74) is 1.55. The van der Waals surface area contributed by atoms with Crippen LogP contribution in [0.15, 0.2) is 17.5 Å². The van der Waals surface area contributed by atoms with Gasteiger partial charge in [-0.2, -0.15) is 0 Å². The van der Waals surface area contributed by atoms with Crippen LogP contribution in [-0.2, 0) is 0 Å². The Bertz CT molecular complexity index is 758. The van der Waals surface area contributed by atoms with Gasteiger partial charge in [-0.1, -0.05) is 0 Å². The minimum absolute atomic E-state index is 0.00151. The van der Waals surface area contributed by atoms with E-state index in [2.05, 4.69) is 14.9 Å². The third-order valence-electron chi connectivity index (χ3n) is 4.04. The maximum atomic E-state index is 12.6. The first-order chi connectivity index (χ1) is 11.4. The number of rotatable bonds is 3. The Balaban J connectivity index is 1.65. The van der Waals surface area contributed by atoms with Gasteiger partial charge in [-0.25, -0.2) is 9.97 Å². The van der Waals surface area contributed by atoms with Gasteiger partial charge in [0.15, 0.2) is 5.78 Å². The van der Waals surface area contributed by atoms with Crippen LogP contribution >= 0.6 is 11.3 Å². The quantitative estimate of drug-likeness (QED) is 0.800. The first kappa shape index (κ1) is 16.6. The van der Waals surface area contributed by atoms with Crippen LogP contribution in [0.2, 0.25) is 0 Å². The number of thiophene rings is 1. The number of aryl methyl sites for hydroxylation is 2. The average Bonchev–Trinajstić information content (AvgIpc) is 3.03. The summed E-state index contributed by atoms with van der Waals surface area (Å²) in [4.78, 5) is 37.4. The number of piperazine rings is 1. The van der Waals surface area contributed by atoms with Gasteiger partial charge in [0.1, 0.15) is 11.6 Å². The molecule has 126 valence electrons. The number of aromatic nitrogens is 2. The van der Waals surface area contributed by atoms with Crippen LogP contribution in [-0.4, -0.2) is 52.7 Å². The number of Topliss-reactive ketones (excluding diaryl/α,β-unsaturated/α-hetero) is 1. The zero-order valence-electron chi connectivity index (χ0n) is 14.1. The van der Waals surface area contributed by atoms with E-state index in [1.54, 1.807) is 11.4 Å². The van der Waals surface area contributed by atoms with E-state index >= 15 is 0 Å². The van der Waals surface area contributed by atoms with E-state index in [0.717, 1.165) is 30.4 Å². The molecule has 7 heteroatoms.